The number of carbonyl (C=O) groups is 2. The number of ether oxygens (including phenoxy) is 2. The molecule has 0 N–H and O–H groups in total. The van der Waals surface area contributed by atoms with Crippen LogP contribution >= 0.6 is 0 Å². The lowest BCUT2D eigenvalue weighted by Gasteiger charge is -2.39. The lowest BCUT2D eigenvalue weighted by atomic mass is 10.1. The number of para-hydroxylation sites is 2. The minimum atomic E-state index is -0.528. The first kappa shape index (κ1) is 20.7. The van der Waals surface area contributed by atoms with Gasteiger partial charge in [0.05, 0.1) is 7.11 Å². The Kier molecular flexibility index (Phi) is 6.41. The Morgan fingerprint density at radius 2 is 2.00 bits per heavy atom. The fraction of sp³-hybridized carbons (Fsp3) is 0.476. The van der Waals surface area contributed by atoms with Gasteiger partial charge in [0.15, 0.2) is 23.0 Å². The minimum Gasteiger partial charge on any atom is -0.493 e. The average Bonchev–Trinajstić information content (AvgIpc) is 3.18. The Bertz CT molecular complexity index is 864. The maximum atomic E-state index is 12.8. The van der Waals surface area contributed by atoms with Crippen LogP contribution in [0.4, 0.5) is 0 Å². The molecule has 2 heterocycles. The Hall–Kier alpha value is -3.03. The van der Waals surface area contributed by atoms with E-state index in [9.17, 15) is 9.59 Å². The van der Waals surface area contributed by atoms with Gasteiger partial charge in [-0.05, 0) is 25.0 Å². The van der Waals surface area contributed by atoms with E-state index in [-0.39, 0.29) is 24.1 Å². The van der Waals surface area contributed by atoms with Gasteiger partial charge in [-0.25, -0.2) is 0 Å². The molecule has 0 radical (unpaired) electrons. The Morgan fingerprint density at radius 1 is 1.28 bits per heavy atom. The van der Waals surface area contributed by atoms with Gasteiger partial charge < -0.3 is 23.8 Å². The molecule has 0 unspecified atom stereocenters. The molecular weight excluding hydrogens is 374 g/mol. The van der Waals surface area contributed by atoms with Crippen molar-refractivity contribution in [3.05, 3.63) is 41.8 Å². The molecule has 3 rings (SSSR count). The fourth-order valence-electron chi connectivity index (χ4n) is 3.35. The molecule has 2 amide bonds. The molecule has 8 heteroatoms. The summed E-state index contributed by atoms with van der Waals surface area (Å²) >= 11 is 0. The van der Waals surface area contributed by atoms with Crippen LogP contribution in [0.3, 0.4) is 0 Å². The monoisotopic (exact) mass is 401 g/mol. The standard InChI is InChI=1S/C21H27N3O5/c1-14(2)12-23-9-10-24(15(3)20(23)25)21(26)17-11-16(29-22-17)13-28-19-8-6-5-7-18(19)27-4/h5-8,11,14-15H,9-10,12-13H2,1-4H3/t15-/m0/s1. The Labute approximate surface area is 170 Å². The number of rotatable bonds is 7. The number of hydrogen-bond donors (Lipinski definition) is 0. The van der Waals surface area contributed by atoms with Crippen LogP contribution in [0.5, 0.6) is 11.5 Å². The quantitative estimate of drug-likeness (QED) is 0.709. The second kappa shape index (κ2) is 8.98. The molecule has 1 fully saturated rings. The van der Waals surface area contributed by atoms with Crippen LogP contribution in [0, 0.1) is 5.92 Å². The summed E-state index contributed by atoms with van der Waals surface area (Å²) in [7, 11) is 1.57. The smallest absolute Gasteiger partial charge is 0.276 e. The molecule has 2 aromatic rings. The van der Waals surface area contributed by atoms with Gasteiger partial charge in [0, 0.05) is 25.7 Å². The van der Waals surface area contributed by atoms with Crippen molar-refractivity contribution in [2.24, 2.45) is 5.92 Å². The van der Waals surface area contributed by atoms with E-state index in [1.54, 1.807) is 37.1 Å². The summed E-state index contributed by atoms with van der Waals surface area (Å²) in [5.41, 5.74) is 0.167. The second-order valence-electron chi connectivity index (χ2n) is 7.47. The second-order valence-corrected chi connectivity index (χ2v) is 7.47. The van der Waals surface area contributed by atoms with E-state index in [2.05, 4.69) is 19.0 Å². The summed E-state index contributed by atoms with van der Waals surface area (Å²) < 4.78 is 16.2. The summed E-state index contributed by atoms with van der Waals surface area (Å²) in [4.78, 5) is 28.8. The van der Waals surface area contributed by atoms with E-state index in [1.807, 2.05) is 17.0 Å². The van der Waals surface area contributed by atoms with Crippen LogP contribution in [-0.2, 0) is 11.4 Å². The molecule has 0 bridgehead atoms. The normalized spacial score (nSPS) is 17.0. The molecule has 0 spiro atoms. The summed E-state index contributed by atoms with van der Waals surface area (Å²) in [6.45, 7) is 7.68. The number of carbonyl (C=O) groups excluding carboxylic acids is 2. The number of nitrogens with zero attached hydrogens (tertiary/aromatic N) is 3. The van der Waals surface area contributed by atoms with E-state index in [4.69, 9.17) is 14.0 Å². The van der Waals surface area contributed by atoms with Crippen molar-refractivity contribution in [1.82, 2.24) is 15.0 Å². The van der Waals surface area contributed by atoms with Crippen LogP contribution in [0.25, 0.3) is 0 Å². The highest BCUT2D eigenvalue weighted by molar-refractivity contribution is 5.96. The first-order chi connectivity index (χ1) is 13.9. The third kappa shape index (κ3) is 4.70. The van der Waals surface area contributed by atoms with E-state index in [0.29, 0.717) is 42.8 Å². The van der Waals surface area contributed by atoms with Gasteiger partial charge in [-0.2, -0.15) is 0 Å². The number of benzene rings is 1. The van der Waals surface area contributed by atoms with Crippen LogP contribution in [-0.4, -0.2) is 59.6 Å². The number of piperazine rings is 1. The third-order valence-electron chi connectivity index (χ3n) is 4.81. The molecule has 1 atom stereocenters. The molecule has 156 valence electrons. The maximum absolute atomic E-state index is 12.8. The van der Waals surface area contributed by atoms with Gasteiger partial charge in [-0.3, -0.25) is 9.59 Å². The zero-order valence-corrected chi connectivity index (χ0v) is 17.3. The lowest BCUT2D eigenvalue weighted by Crippen LogP contribution is -2.58. The lowest BCUT2D eigenvalue weighted by molar-refractivity contribution is -0.140. The van der Waals surface area contributed by atoms with Crippen molar-refractivity contribution in [3.63, 3.8) is 0 Å². The van der Waals surface area contributed by atoms with Gasteiger partial charge in [0.1, 0.15) is 12.6 Å². The number of aromatic nitrogens is 1. The Morgan fingerprint density at radius 3 is 2.69 bits per heavy atom. The average molecular weight is 401 g/mol. The molecule has 1 aromatic carbocycles. The van der Waals surface area contributed by atoms with Crippen molar-refractivity contribution >= 4 is 11.8 Å². The summed E-state index contributed by atoms with van der Waals surface area (Å²) in [5, 5.41) is 3.87. The number of amides is 2. The van der Waals surface area contributed by atoms with Gasteiger partial charge in [-0.15, -0.1) is 0 Å². The molecule has 8 nitrogen and oxygen atoms in total. The molecule has 1 aliphatic rings. The van der Waals surface area contributed by atoms with Crippen LogP contribution in [0.15, 0.2) is 34.9 Å². The fourth-order valence-corrected chi connectivity index (χ4v) is 3.35. The van der Waals surface area contributed by atoms with Gasteiger partial charge in [0.2, 0.25) is 5.91 Å². The van der Waals surface area contributed by atoms with E-state index >= 15 is 0 Å². The highest BCUT2D eigenvalue weighted by Crippen LogP contribution is 2.26. The molecule has 1 aromatic heterocycles. The number of hydrogen-bond acceptors (Lipinski definition) is 6. The largest absolute Gasteiger partial charge is 0.493 e. The van der Waals surface area contributed by atoms with E-state index < -0.39 is 6.04 Å². The summed E-state index contributed by atoms with van der Waals surface area (Å²) in [6, 6.07) is 8.29. The Balaban J connectivity index is 1.63. The van der Waals surface area contributed by atoms with Gasteiger partial charge in [-0.1, -0.05) is 31.1 Å². The highest BCUT2D eigenvalue weighted by atomic mass is 16.5. The van der Waals surface area contributed by atoms with Crippen LogP contribution in [0.2, 0.25) is 0 Å². The molecule has 0 aliphatic carbocycles. The van der Waals surface area contributed by atoms with Crippen molar-refractivity contribution < 1.29 is 23.6 Å². The van der Waals surface area contributed by atoms with Crippen LogP contribution < -0.4 is 9.47 Å². The molecule has 29 heavy (non-hydrogen) atoms. The first-order valence-corrected chi connectivity index (χ1v) is 9.72. The van der Waals surface area contributed by atoms with Gasteiger partial charge in [0.25, 0.3) is 5.91 Å². The van der Waals surface area contributed by atoms with E-state index in [1.165, 1.54) is 0 Å². The van der Waals surface area contributed by atoms with Crippen LogP contribution in [0.1, 0.15) is 37.0 Å². The topological polar surface area (TPSA) is 85.1 Å². The molecule has 1 saturated heterocycles. The first-order valence-electron chi connectivity index (χ1n) is 9.72. The van der Waals surface area contributed by atoms with Gasteiger partial charge >= 0.3 is 0 Å². The predicted molar refractivity (Wildman–Crippen MR) is 106 cm³/mol. The zero-order valence-electron chi connectivity index (χ0n) is 17.3. The van der Waals surface area contributed by atoms with Crippen molar-refractivity contribution in [3.8, 4) is 11.5 Å². The van der Waals surface area contributed by atoms with E-state index in [0.717, 1.165) is 0 Å². The molecule has 0 saturated carbocycles. The van der Waals surface area contributed by atoms with Crippen molar-refractivity contribution in [1.29, 1.82) is 0 Å². The minimum absolute atomic E-state index is 0.0403. The van der Waals surface area contributed by atoms with Crippen molar-refractivity contribution in [2.45, 2.75) is 33.4 Å². The molecule has 1 aliphatic heterocycles. The summed E-state index contributed by atoms with van der Waals surface area (Å²) in [6.07, 6.45) is 0. The predicted octanol–water partition coefficient (Wildman–Crippen LogP) is 2.59. The third-order valence-corrected chi connectivity index (χ3v) is 4.81. The molecular formula is C21H27N3O5. The van der Waals surface area contributed by atoms with Crippen molar-refractivity contribution in [2.75, 3.05) is 26.7 Å². The SMILES string of the molecule is COc1ccccc1OCc1cc(C(=O)N2CCN(CC(C)C)C(=O)[C@@H]2C)no1. The summed E-state index contributed by atoms with van der Waals surface area (Å²) in [5.74, 6) is 1.62. The zero-order chi connectivity index (χ0) is 21.0. The highest BCUT2D eigenvalue weighted by Gasteiger charge is 2.35. The maximum Gasteiger partial charge on any atom is 0.276 e. The number of methoxy groups -OCH3 is 1.